The van der Waals surface area contributed by atoms with Crippen molar-refractivity contribution in [1.82, 2.24) is 9.88 Å². The van der Waals surface area contributed by atoms with Crippen LogP contribution in [0.15, 0.2) is 18.2 Å². The quantitative estimate of drug-likeness (QED) is 0.770. The molecule has 24 heavy (non-hydrogen) atoms. The number of nitrogens with zero attached hydrogens (tertiary/aromatic N) is 3. The summed E-state index contributed by atoms with van der Waals surface area (Å²) in [6, 6.07) is 5.92. The zero-order valence-corrected chi connectivity index (χ0v) is 15.4. The maximum absolute atomic E-state index is 12.8. The first kappa shape index (κ1) is 17.2. The average molecular weight is 347 g/mol. The number of rotatable bonds is 7. The van der Waals surface area contributed by atoms with E-state index in [4.69, 9.17) is 9.72 Å². The third-order valence-electron chi connectivity index (χ3n) is 4.38. The molecule has 0 N–H and O–H groups in total. The predicted octanol–water partition coefficient (Wildman–Crippen LogP) is 3.39. The van der Waals surface area contributed by atoms with Crippen LogP contribution in [0.25, 0.3) is 10.2 Å². The van der Waals surface area contributed by atoms with Crippen molar-refractivity contribution in [2.45, 2.75) is 26.2 Å². The first-order valence-corrected chi connectivity index (χ1v) is 9.39. The minimum atomic E-state index is 0.179. The van der Waals surface area contributed by atoms with E-state index in [0.29, 0.717) is 13.2 Å². The molecule has 2 aromatic rings. The first-order valence-electron chi connectivity index (χ1n) is 8.58. The first-order chi connectivity index (χ1) is 11.6. The number of anilines is 1. The number of likely N-dealkylation sites (N-methyl/N-ethyl adjacent to an activating group) is 1. The minimum absolute atomic E-state index is 0.179. The summed E-state index contributed by atoms with van der Waals surface area (Å²) in [7, 11) is 4.05. The van der Waals surface area contributed by atoms with Gasteiger partial charge in [-0.1, -0.05) is 17.8 Å². The van der Waals surface area contributed by atoms with Crippen LogP contribution in [0.2, 0.25) is 0 Å². The molecule has 1 aromatic carbocycles. The second-order valence-electron chi connectivity index (χ2n) is 6.48. The molecule has 0 radical (unpaired) electrons. The van der Waals surface area contributed by atoms with Crippen molar-refractivity contribution in [2.75, 3.05) is 38.7 Å². The lowest BCUT2D eigenvalue weighted by atomic mass is 9.84. The van der Waals surface area contributed by atoms with E-state index < -0.39 is 0 Å². The topological polar surface area (TPSA) is 45.7 Å². The molecular formula is C18H25N3O2S. The maximum Gasteiger partial charge on any atom is 0.231 e. The van der Waals surface area contributed by atoms with Crippen LogP contribution in [0.5, 0.6) is 5.75 Å². The Hall–Kier alpha value is -1.66. The molecule has 5 nitrogen and oxygen atoms in total. The monoisotopic (exact) mass is 347 g/mol. The number of fused-ring (bicyclic) bond motifs is 1. The predicted molar refractivity (Wildman–Crippen MR) is 99.0 cm³/mol. The normalized spacial score (nSPS) is 14.8. The number of thiazole rings is 1. The second-order valence-corrected chi connectivity index (χ2v) is 7.49. The number of amides is 1. The van der Waals surface area contributed by atoms with Crippen LogP contribution in [-0.4, -0.2) is 49.6 Å². The fraction of sp³-hybridized carbons (Fsp3) is 0.556. The van der Waals surface area contributed by atoms with Crippen molar-refractivity contribution in [3.63, 3.8) is 0 Å². The van der Waals surface area contributed by atoms with Crippen LogP contribution in [0.1, 0.15) is 26.2 Å². The van der Waals surface area contributed by atoms with Gasteiger partial charge in [-0.25, -0.2) is 4.98 Å². The molecule has 1 aromatic heterocycles. The van der Waals surface area contributed by atoms with Crippen LogP contribution in [0.3, 0.4) is 0 Å². The largest absolute Gasteiger partial charge is 0.494 e. The highest BCUT2D eigenvalue weighted by Crippen LogP contribution is 2.35. The third kappa shape index (κ3) is 3.70. The number of ether oxygens (including phenoxy) is 1. The number of aromatic nitrogens is 1. The third-order valence-corrected chi connectivity index (χ3v) is 5.42. The van der Waals surface area contributed by atoms with Gasteiger partial charge < -0.3 is 9.64 Å². The lowest BCUT2D eigenvalue weighted by Gasteiger charge is -2.30. The van der Waals surface area contributed by atoms with E-state index in [1.165, 1.54) is 0 Å². The van der Waals surface area contributed by atoms with Crippen molar-refractivity contribution in [3.05, 3.63) is 18.2 Å². The van der Waals surface area contributed by atoms with E-state index in [1.807, 2.05) is 44.1 Å². The molecule has 130 valence electrons. The van der Waals surface area contributed by atoms with Gasteiger partial charge in [0, 0.05) is 19.0 Å². The lowest BCUT2D eigenvalue weighted by molar-refractivity contribution is -0.124. The summed E-state index contributed by atoms with van der Waals surface area (Å²) in [4.78, 5) is 21.5. The maximum atomic E-state index is 12.8. The van der Waals surface area contributed by atoms with Gasteiger partial charge in [0.1, 0.15) is 5.75 Å². The molecule has 1 amide bonds. The molecule has 0 aliphatic heterocycles. The number of benzene rings is 1. The Morgan fingerprint density at radius 3 is 2.75 bits per heavy atom. The van der Waals surface area contributed by atoms with Gasteiger partial charge in [0.05, 0.1) is 16.8 Å². The highest BCUT2D eigenvalue weighted by molar-refractivity contribution is 7.22. The molecule has 0 bridgehead atoms. The second kappa shape index (κ2) is 7.49. The molecule has 1 heterocycles. The standard InChI is InChI=1S/C18H25N3O2S/c1-4-23-14-8-9-15-16(12-14)24-18(19-15)21(11-10-20(2)3)17(22)13-6-5-7-13/h8-9,12-13H,4-7,10-11H2,1-3H3. The zero-order chi connectivity index (χ0) is 17.1. The van der Waals surface area contributed by atoms with E-state index in [2.05, 4.69) is 4.90 Å². The molecular weight excluding hydrogens is 322 g/mol. The number of carbonyl (C=O) groups excluding carboxylic acids is 1. The molecule has 1 fully saturated rings. The fourth-order valence-corrected chi connectivity index (χ4v) is 3.77. The van der Waals surface area contributed by atoms with Crippen LogP contribution < -0.4 is 9.64 Å². The zero-order valence-electron chi connectivity index (χ0n) is 14.6. The molecule has 1 aliphatic carbocycles. The highest BCUT2D eigenvalue weighted by Gasteiger charge is 2.31. The van der Waals surface area contributed by atoms with Gasteiger partial charge in [0.25, 0.3) is 0 Å². The average Bonchev–Trinajstić information content (AvgIpc) is 2.88. The Kier molecular flexibility index (Phi) is 5.36. The minimum Gasteiger partial charge on any atom is -0.494 e. The van der Waals surface area contributed by atoms with Gasteiger partial charge in [0.2, 0.25) is 5.91 Å². The van der Waals surface area contributed by atoms with Crippen molar-refractivity contribution < 1.29 is 9.53 Å². The smallest absolute Gasteiger partial charge is 0.231 e. The van der Waals surface area contributed by atoms with E-state index in [0.717, 1.165) is 46.9 Å². The van der Waals surface area contributed by atoms with Gasteiger partial charge in [-0.2, -0.15) is 0 Å². The van der Waals surface area contributed by atoms with Gasteiger partial charge in [-0.15, -0.1) is 0 Å². The number of carbonyl (C=O) groups is 1. The summed E-state index contributed by atoms with van der Waals surface area (Å²) in [5.74, 6) is 1.26. The number of hydrogen-bond donors (Lipinski definition) is 0. The molecule has 0 spiro atoms. The molecule has 0 unspecified atom stereocenters. The van der Waals surface area contributed by atoms with E-state index in [-0.39, 0.29) is 11.8 Å². The fourth-order valence-electron chi connectivity index (χ4n) is 2.74. The molecule has 0 saturated heterocycles. The Morgan fingerprint density at radius 1 is 1.33 bits per heavy atom. The van der Waals surface area contributed by atoms with E-state index >= 15 is 0 Å². The van der Waals surface area contributed by atoms with Gasteiger partial charge in [0.15, 0.2) is 5.13 Å². The summed E-state index contributed by atoms with van der Waals surface area (Å²) in [5.41, 5.74) is 0.926. The Bertz CT molecular complexity index is 709. The van der Waals surface area contributed by atoms with Gasteiger partial charge >= 0.3 is 0 Å². The van der Waals surface area contributed by atoms with E-state index in [1.54, 1.807) is 11.3 Å². The van der Waals surface area contributed by atoms with Crippen LogP contribution in [0, 0.1) is 5.92 Å². The Labute approximate surface area is 147 Å². The van der Waals surface area contributed by atoms with E-state index in [9.17, 15) is 4.79 Å². The van der Waals surface area contributed by atoms with Crippen LogP contribution >= 0.6 is 11.3 Å². The summed E-state index contributed by atoms with van der Waals surface area (Å²) in [6.45, 7) is 4.13. The Balaban J connectivity index is 1.87. The summed E-state index contributed by atoms with van der Waals surface area (Å²) < 4.78 is 6.63. The van der Waals surface area contributed by atoms with Crippen LogP contribution in [-0.2, 0) is 4.79 Å². The molecule has 0 atom stereocenters. The van der Waals surface area contributed by atoms with Crippen molar-refractivity contribution in [3.8, 4) is 5.75 Å². The molecule has 6 heteroatoms. The summed E-state index contributed by atoms with van der Waals surface area (Å²) in [5, 5.41) is 0.803. The van der Waals surface area contributed by atoms with Crippen molar-refractivity contribution in [1.29, 1.82) is 0 Å². The van der Waals surface area contributed by atoms with Gasteiger partial charge in [-0.05, 0) is 52.1 Å². The summed E-state index contributed by atoms with van der Waals surface area (Å²) >= 11 is 1.57. The van der Waals surface area contributed by atoms with Gasteiger partial charge in [-0.3, -0.25) is 9.69 Å². The lowest BCUT2D eigenvalue weighted by Crippen LogP contribution is -2.42. The molecule has 3 rings (SSSR count). The van der Waals surface area contributed by atoms with Crippen molar-refractivity contribution in [2.24, 2.45) is 5.92 Å². The number of hydrogen-bond acceptors (Lipinski definition) is 5. The Morgan fingerprint density at radius 2 is 2.12 bits per heavy atom. The van der Waals surface area contributed by atoms with Crippen molar-refractivity contribution >= 4 is 32.6 Å². The molecule has 1 aliphatic rings. The highest BCUT2D eigenvalue weighted by atomic mass is 32.1. The molecule has 1 saturated carbocycles. The SMILES string of the molecule is CCOc1ccc2nc(N(CCN(C)C)C(=O)C3CCC3)sc2c1. The van der Waals surface area contributed by atoms with Crippen LogP contribution in [0.4, 0.5) is 5.13 Å². The summed E-state index contributed by atoms with van der Waals surface area (Å²) in [6.07, 6.45) is 3.18.